The van der Waals surface area contributed by atoms with Crippen LogP contribution in [0.5, 0.6) is 0 Å². The van der Waals surface area contributed by atoms with Crippen molar-refractivity contribution < 1.29 is 13.2 Å². The monoisotopic (exact) mass is 402 g/mol. The van der Waals surface area contributed by atoms with Crippen molar-refractivity contribution in [1.29, 1.82) is 0 Å². The van der Waals surface area contributed by atoms with Crippen LogP contribution in [0.1, 0.15) is 57.9 Å². The quantitative estimate of drug-likeness (QED) is 0.728. The van der Waals surface area contributed by atoms with Gasteiger partial charge in [0.1, 0.15) is 0 Å². The molecule has 7 heteroatoms. The fraction of sp³-hybridized carbons (Fsp3) is 0.632. The van der Waals surface area contributed by atoms with Gasteiger partial charge in [-0.15, -0.1) is 12.4 Å². The highest BCUT2D eigenvalue weighted by molar-refractivity contribution is 7.91. The molecule has 2 rings (SSSR count). The molecule has 1 aromatic carbocycles. The largest absolute Gasteiger partial charge is 0.325 e. The van der Waals surface area contributed by atoms with Crippen molar-refractivity contribution in [3.63, 3.8) is 0 Å². The maximum absolute atomic E-state index is 12.6. The molecule has 1 aromatic rings. The lowest BCUT2D eigenvalue weighted by atomic mass is 10.0. The second-order valence-corrected chi connectivity index (χ2v) is 9.77. The maximum atomic E-state index is 12.6. The van der Waals surface area contributed by atoms with Crippen molar-refractivity contribution in [2.24, 2.45) is 11.7 Å². The molecule has 1 aliphatic rings. The van der Waals surface area contributed by atoms with E-state index < -0.39 is 15.9 Å². The number of halogens is 1. The fourth-order valence-electron chi connectivity index (χ4n) is 3.36. The number of benzene rings is 1. The van der Waals surface area contributed by atoms with Crippen molar-refractivity contribution >= 4 is 33.8 Å². The molecule has 3 N–H and O–H groups in total. The van der Waals surface area contributed by atoms with Gasteiger partial charge in [-0.3, -0.25) is 4.79 Å². The number of carbonyl (C=O) groups excluding carboxylic acids is 1. The molecular weight excluding hydrogens is 372 g/mol. The molecule has 0 aromatic heterocycles. The molecule has 148 valence electrons. The average molecular weight is 403 g/mol. The summed E-state index contributed by atoms with van der Waals surface area (Å²) in [5.41, 5.74) is 7.20. The molecule has 0 radical (unpaired) electrons. The Hall–Kier alpha value is -1.11. The minimum atomic E-state index is -3.15. The number of nitrogens with two attached hydrogens (primary N) is 1. The first-order valence-electron chi connectivity index (χ1n) is 9.15. The molecule has 1 atom stereocenters. The number of rotatable bonds is 7. The Labute approximate surface area is 163 Å². The van der Waals surface area contributed by atoms with Crippen molar-refractivity contribution in [2.45, 2.75) is 69.4 Å². The Kier molecular flexibility index (Phi) is 9.07. The summed E-state index contributed by atoms with van der Waals surface area (Å²) in [6.45, 7) is 4.04. The molecule has 0 aliphatic heterocycles. The van der Waals surface area contributed by atoms with Gasteiger partial charge in [0.05, 0.1) is 17.0 Å². The van der Waals surface area contributed by atoms with E-state index in [2.05, 4.69) is 5.32 Å². The van der Waals surface area contributed by atoms with Crippen LogP contribution in [0, 0.1) is 5.92 Å². The average Bonchev–Trinajstić information content (AvgIpc) is 2.55. The van der Waals surface area contributed by atoms with E-state index in [0.29, 0.717) is 23.6 Å². The maximum Gasteiger partial charge on any atom is 0.241 e. The third-order valence-corrected chi connectivity index (χ3v) is 6.91. The first-order chi connectivity index (χ1) is 11.8. The van der Waals surface area contributed by atoms with E-state index in [4.69, 9.17) is 5.73 Å². The summed E-state index contributed by atoms with van der Waals surface area (Å²) in [5, 5.41) is 2.57. The van der Waals surface area contributed by atoms with E-state index in [1.807, 2.05) is 13.8 Å². The third kappa shape index (κ3) is 6.89. The zero-order valence-electron chi connectivity index (χ0n) is 15.6. The number of sulfone groups is 1. The van der Waals surface area contributed by atoms with E-state index >= 15 is 0 Å². The lowest BCUT2D eigenvalue weighted by molar-refractivity contribution is -0.117. The van der Waals surface area contributed by atoms with Crippen LogP contribution in [-0.4, -0.2) is 25.6 Å². The molecule has 26 heavy (non-hydrogen) atoms. The molecule has 1 amide bonds. The van der Waals surface area contributed by atoms with Gasteiger partial charge in [0.25, 0.3) is 0 Å². The molecule has 5 nitrogen and oxygen atoms in total. The van der Waals surface area contributed by atoms with Gasteiger partial charge in [0, 0.05) is 5.69 Å². The smallest absolute Gasteiger partial charge is 0.241 e. The molecule has 0 spiro atoms. The van der Waals surface area contributed by atoms with Crippen LogP contribution in [-0.2, 0) is 20.4 Å². The molecule has 0 saturated heterocycles. The van der Waals surface area contributed by atoms with Gasteiger partial charge < -0.3 is 11.1 Å². The number of hydrogen-bond acceptors (Lipinski definition) is 4. The van der Waals surface area contributed by atoms with E-state index in [9.17, 15) is 13.2 Å². The predicted molar refractivity (Wildman–Crippen MR) is 109 cm³/mol. The van der Waals surface area contributed by atoms with Gasteiger partial charge in [-0.05, 0) is 42.9 Å². The van der Waals surface area contributed by atoms with E-state index in [1.54, 1.807) is 24.3 Å². The second-order valence-electron chi connectivity index (χ2n) is 7.49. The molecular formula is C19H31ClN2O3S. The summed E-state index contributed by atoms with van der Waals surface area (Å²) in [4.78, 5) is 12.1. The van der Waals surface area contributed by atoms with Crippen LogP contribution < -0.4 is 11.1 Å². The highest BCUT2D eigenvalue weighted by Gasteiger charge is 2.27. The fourth-order valence-corrected chi connectivity index (χ4v) is 5.29. The normalized spacial score (nSPS) is 16.8. The van der Waals surface area contributed by atoms with E-state index in [0.717, 1.165) is 32.1 Å². The Morgan fingerprint density at radius 1 is 1.23 bits per heavy atom. The predicted octanol–water partition coefficient (Wildman–Crippen LogP) is 3.67. The van der Waals surface area contributed by atoms with Gasteiger partial charge >= 0.3 is 0 Å². The zero-order valence-corrected chi connectivity index (χ0v) is 17.2. The summed E-state index contributed by atoms with van der Waals surface area (Å²) < 4.78 is 25.2. The van der Waals surface area contributed by atoms with Crippen LogP contribution in [0.15, 0.2) is 24.3 Å². The second kappa shape index (κ2) is 10.3. The molecule has 1 fully saturated rings. The number of anilines is 1. The molecule has 0 heterocycles. The van der Waals surface area contributed by atoms with Crippen molar-refractivity contribution in [2.75, 3.05) is 5.32 Å². The van der Waals surface area contributed by atoms with Crippen molar-refractivity contribution in [3.05, 3.63) is 29.8 Å². The number of hydrogen-bond donors (Lipinski definition) is 2. The standard InChI is InChI=1S/C19H30N2O3S.ClH/c1-14(2)11-18(20)19(22)21-16-8-6-7-15(12-16)13-25(23,24)17-9-4-3-5-10-17;/h6-8,12,14,17-18H,3-5,9-11,13,20H2,1-2H3,(H,21,22);1H/t18-;/m0./s1. The molecule has 0 bridgehead atoms. The Morgan fingerprint density at radius 3 is 2.50 bits per heavy atom. The molecule has 1 aliphatic carbocycles. The summed E-state index contributed by atoms with van der Waals surface area (Å²) in [6, 6.07) is 6.51. The van der Waals surface area contributed by atoms with E-state index in [1.165, 1.54) is 0 Å². The Bertz CT molecular complexity index is 686. The van der Waals surface area contributed by atoms with Crippen molar-refractivity contribution in [1.82, 2.24) is 0 Å². The highest BCUT2D eigenvalue weighted by Crippen LogP contribution is 2.26. The summed E-state index contributed by atoms with van der Waals surface area (Å²) in [5.74, 6) is 0.132. The molecule has 0 unspecified atom stereocenters. The van der Waals surface area contributed by atoms with Crippen molar-refractivity contribution in [3.8, 4) is 0 Å². The summed E-state index contributed by atoms with van der Waals surface area (Å²) in [7, 11) is -3.15. The van der Waals surface area contributed by atoms with Crippen LogP contribution in [0.25, 0.3) is 0 Å². The van der Waals surface area contributed by atoms with Crippen LogP contribution in [0.3, 0.4) is 0 Å². The van der Waals surface area contributed by atoms with Crippen LogP contribution in [0.4, 0.5) is 5.69 Å². The topological polar surface area (TPSA) is 89.3 Å². The Balaban J connectivity index is 0.00000338. The summed E-state index contributed by atoms with van der Waals surface area (Å²) >= 11 is 0. The number of carbonyl (C=O) groups is 1. The third-order valence-electron chi connectivity index (χ3n) is 4.68. The minimum Gasteiger partial charge on any atom is -0.325 e. The number of nitrogens with one attached hydrogen (secondary N) is 1. The molecule has 1 saturated carbocycles. The Morgan fingerprint density at radius 2 is 1.88 bits per heavy atom. The van der Waals surface area contributed by atoms with Gasteiger partial charge in [-0.2, -0.15) is 0 Å². The van der Waals surface area contributed by atoms with Gasteiger partial charge in [0.15, 0.2) is 9.84 Å². The van der Waals surface area contributed by atoms with Gasteiger partial charge in [0.2, 0.25) is 5.91 Å². The minimum absolute atomic E-state index is 0. The van der Waals surface area contributed by atoms with Crippen LogP contribution >= 0.6 is 12.4 Å². The zero-order chi connectivity index (χ0) is 18.4. The lowest BCUT2D eigenvalue weighted by Crippen LogP contribution is -2.36. The summed E-state index contributed by atoms with van der Waals surface area (Å²) in [6.07, 6.45) is 5.26. The SMILES string of the molecule is CC(C)C[C@H](N)C(=O)Nc1cccc(CS(=O)(=O)C2CCCCC2)c1.Cl. The lowest BCUT2D eigenvalue weighted by Gasteiger charge is -2.22. The van der Waals surface area contributed by atoms with Gasteiger partial charge in [-0.25, -0.2) is 8.42 Å². The highest BCUT2D eigenvalue weighted by atomic mass is 35.5. The first kappa shape index (κ1) is 22.9. The first-order valence-corrected chi connectivity index (χ1v) is 10.9. The number of amides is 1. The van der Waals surface area contributed by atoms with E-state index in [-0.39, 0.29) is 29.3 Å². The van der Waals surface area contributed by atoms with Crippen LogP contribution in [0.2, 0.25) is 0 Å². The van der Waals surface area contributed by atoms with Gasteiger partial charge in [-0.1, -0.05) is 45.2 Å².